The van der Waals surface area contributed by atoms with E-state index in [9.17, 15) is 4.79 Å². The summed E-state index contributed by atoms with van der Waals surface area (Å²) in [7, 11) is 1.57. The highest BCUT2D eigenvalue weighted by Gasteiger charge is 2.11. The second-order valence-corrected chi connectivity index (χ2v) is 4.39. The number of benzene rings is 1. The molecule has 1 amide bonds. The summed E-state index contributed by atoms with van der Waals surface area (Å²) in [6, 6.07) is 7.21. The molecule has 0 saturated heterocycles. The number of primary amides is 1. The van der Waals surface area contributed by atoms with Crippen LogP contribution in [0.2, 0.25) is 0 Å². The van der Waals surface area contributed by atoms with E-state index in [0.717, 1.165) is 10.0 Å². The summed E-state index contributed by atoms with van der Waals surface area (Å²) in [4.78, 5) is 19.0. The Bertz CT molecular complexity index is 602. The number of hydrogen-bond acceptors (Lipinski definition) is 4. The van der Waals surface area contributed by atoms with Gasteiger partial charge in [-0.1, -0.05) is 15.9 Å². The van der Waals surface area contributed by atoms with Crippen molar-refractivity contribution in [3.8, 4) is 17.0 Å². The van der Waals surface area contributed by atoms with Crippen molar-refractivity contribution in [1.29, 1.82) is 0 Å². The van der Waals surface area contributed by atoms with Gasteiger partial charge in [0.1, 0.15) is 5.75 Å². The van der Waals surface area contributed by atoms with Gasteiger partial charge >= 0.3 is 0 Å². The molecule has 2 aromatic rings. The molecular formula is C12H10BrN3O2. The molecule has 1 aromatic carbocycles. The smallest absolute Gasteiger partial charge is 0.286 e. The molecule has 0 bridgehead atoms. The Morgan fingerprint density at radius 1 is 1.39 bits per heavy atom. The first-order valence-corrected chi connectivity index (χ1v) is 5.88. The third kappa shape index (κ3) is 2.48. The van der Waals surface area contributed by atoms with E-state index in [2.05, 4.69) is 25.9 Å². The van der Waals surface area contributed by atoms with Gasteiger partial charge in [0.25, 0.3) is 5.91 Å². The number of carbonyl (C=O) groups is 1. The molecule has 0 saturated carbocycles. The van der Waals surface area contributed by atoms with E-state index >= 15 is 0 Å². The predicted molar refractivity (Wildman–Crippen MR) is 70.2 cm³/mol. The number of rotatable bonds is 3. The van der Waals surface area contributed by atoms with E-state index in [1.54, 1.807) is 13.2 Å². The van der Waals surface area contributed by atoms with Gasteiger partial charge in [0.2, 0.25) is 5.82 Å². The fourth-order valence-corrected chi connectivity index (χ4v) is 1.87. The number of amides is 1. The average molecular weight is 308 g/mol. The van der Waals surface area contributed by atoms with Gasteiger partial charge in [0.05, 0.1) is 12.8 Å². The number of methoxy groups -OCH3 is 1. The Labute approximate surface area is 112 Å². The van der Waals surface area contributed by atoms with E-state index in [1.165, 1.54) is 6.20 Å². The van der Waals surface area contributed by atoms with Gasteiger partial charge < -0.3 is 10.5 Å². The van der Waals surface area contributed by atoms with Crippen molar-refractivity contribution in [3.05, 3.63) is 40.8 Å². The summed E-state index contributed by atoms with van der Waals surface area (Å²) in [6.45, 7) is 0. The molecular weight excluding hydrogens is 298 g/mol. The zero-order chi connectivity index (χ0) is 13.1. The second kappa shape index (κ2) is 5.14. The maximum absolute atomic E-state index is 11.1. The molecule has 0 spiro atoms. The second-order valence-electron chi connectivity index (χ2n) is 3.47. The van der Waals surface area contributed by atoms with Gasteiger partial charge in [-0.25, -0.2) is 9.97 Å². The predicted octanol–water partition coefficient (Wildman–Crippen LogP) is 2.01. The molecule has 92 valence electrons. The minimum atomic E-state index is -0.661. The van der Waals surface area contributed by atoms with Crippen molar-refractivity contribution in [2.75, 3.05) is 7.11 Å². The van der Waals surface area contributed by atoms with E-state index in [0.29, 0.717) is 11.4 Å². The number of ether oxygens (including phenoxy) is 1. The van der Waals surface area contributed by atoms with Crippen LogP contribution < -0.4 is 10.5 Å². The first-order chi connectivity index (χ1) is 8.61. The van der Waals surface area contributed by atoms with Crippen LogP contribution in [0.3, 0.4) is 0 Å². The van der Waals surface area contributed by atoms with Gasteiger partial charge in [-0.2, -0.15) is 0 Å². The Kier molecular flexibility index (Phi) is 3.57. The molecule has 0 fully saturated rings. The molecule has 1 heterocycles. The van der Waals surface area contributed by atoms with Crippen LogP contribution in [0.1, 0.15) is 10.6 Å². The van der Waals surface area contributed by atoms with Gasteiger partial charge in [-0.05, 0) is 24.3 Å². The Morgan fingerprint density at radius 2 is 2.17 bits per heavy atom. The van der Waals surface area contributed by atoms with Crippen LogP contribution in [0.5, 0.6) is 5.75 Å². The number of nitrogens with zero attached hydrogens (tertiary/aromatic N) is 2. The largest absolute Gasteiger partial charge is 0.496 e. The molecule has 1 aromatic heterocycles. The summed E-state index contributed by atoms with van der Waals surface area (Å²) < 4.78 is 6.14. The molecule has 0 aliphatic carbocycles. The van der Waals surface area contributed by atoms with Crippen LogP contribution in [0, 0.1) is 0 Å². The monoisotopic (exact) mass is 307 g/mol. The molecule has 18 heavy (non-hydrogen) atoms. The number of hydrogen-bond donors (Lipinski definition) is 1. The van der Waals surface area contributed by atoms with Gasteiger partial charge in [-0.3, -0.25) is 4.79 Å². The summed E-state index contributed by atoms with van der Waals surface area (Å²) in [5.74, 6) is -0.0207. The van der Waals surface area contributed by atoms with Crippen LogP contribution >= 0.6 is 15.9 Å². The highest BCUT2D eigenvalue weighted by Crippen LogP contribution is 2.31. The molecule has 0 aliphatic heterocycles. The van der Waals surface area contributed by atoms with E-state index in [4.69, 9.17) is 10.5 Å². The summed E-state index contributed by atoms with van der Waals surface area (Å²) in [5.41, 5.74) is 6.50. The van der Waals surface area contributed by atoms with Crippen molar-refractivity contribution in [3.63, 3.8) is 0 Å². The van der Waals surface area contributed by atoms with Crippen LogP contribution in [-0.2, 0) is 0 Å². The van der Waals surface area contributed by atoms with Crippen LogP contribution in [0.15, 0.2) is 34.9 Å². The first-order valence-electron chi connectivity index (χ1n) is 5.08. The molecule has 0 atom stereocenters. The van der Waals surface area contributed by atoms with Crippen molar-refractivity contribution < 1.29 is 9.53 Å². The maximum Gasteiger partial charge on any atom is 0.286 e. The highest BCUT2D eigenvalue weighted by atomic mass is 79.9. The van der Waals surface area contributed by atoms with Crippen LogP contribution in [0.25, 0.3) is 11.3 Å². The number of carbonyl (C=O) groups excluding carboxylic acids is 1. The first kappa shape index (κ1) is 12.5. The number of nitrogens with two attached hydrogens (primary N) is 1. The summed E-state index contributed by atoms with van der Waals surface area (Å²) >= 11 is 3.38. The zero-order valence-corrected chi connectivity index (χ0v) is 11.1. The lowest BCUT2D eigenvalue weighted by Crippen LogP contribution is -2.15. The van der Waals surface area contributed by atoms with Crippen molar-refractivity contribution in [1.82, 2.24) is 9.97 Å². The van der Waals surface area contributed by atoms with Gasteiger partial charge in [0, 0.05) is 16.2 Å². The fraction of sp³-hybridized carbons (Fsp3) is 0.0833. The van der Waals surface area contributed by atoms with Gasteiger partial charge in [-0.15, -0.1) is 0 Å². The van der Waals surface area contributed by atoms with Crippen LogP contribution in [-0.4, -0.2) is 23.0 Å². The molecule has 0 aliphatic rings. The summed E-state index contributed by atoms with van der Waals surface area (Å²) in [5, 5.41) is 0. The van der Waals surface area contributed by atoms with Gasteiger partial charge in [0.15, 0.2) is 0 Å². The van der Waals surface area contributed by atoms with Crippen molar-refractivity contribution in [2.45, 2.75) is 0 Å². The summed E-state index contributed by atoms with van der Waals surface area (Å²) in [6.07, 6.45) is 1.49. The van der Waals surface area contributed by atoms with E-state index < -0.39 is 5.91 Å². The molecule has 5 nitrogen and oxygen atoms in total. The van der Waals surface area contributed by atoms with Crippen molar-refractivity contribution in [2.24, 2.45) is 5.73 Å². The Hall–Kier alpha value is -1.95. The standard InChI is InChI=1S/C12H10BrN3O2/c1-18-10-3-2-7(13)6-8(10)9-4-5-15-12(16-9)11(14)17/h2-6H,1H3,(H2,14,17). The Morgan fingerprint density at radius 3 is 2.83 bits per heavy atom. The SMILES string of the molecule is COc1ccc(Br)cc1-c1ccnc(C(N)=O)n1. The minimum absolute atomic E-state index is 0.0190. The molecule has 0 radical (unpaired) electrons. The third-order valence-electron chi connectivity index (χ3n) is 2.31. The number of halogens is 1. The lowest BCUT2D eigenvalue weighted by molar-refractivity contribution is 0.0990. The lowest BCUT2D eigenvalue weighted by Gasteiger charge is -2.08. The average Bonchev–Trinajstić information content (AvgIpc) is 2.39. The Balaban J connectivity index is 2.57. The van der Waals surface area contributed by atoms with E-state index in [1.807, 2.05) is 18.2 Å². The fourth-order valence-electron chi connectivity index (χ4n) is 1.51. The third-order valence-corrected chi connectivity index (χ3v) is 2.81. The lowest BCUT2D eigenvalue weighted by atomic mass is 10.1. The topological polar surface area (TPSA) is 78.1 Å². The zero-order valence-electron chi connectivity index (χ0n) is 9.55. The number of aromatic nitrogens is 2. The van der Waals surface area contributed by atoms with Crippen LogP contribution in [0.4, 0.5) is 0 Å². The molecule has 0 unspecified atom stereocenters. The van der Waals surface area contributed by atoms with E-state index in [-0.39, 0.29) is 5.82 Å². The highest BCUT2D eigenvalue weighted by molar-refractivity contribution is 9.10. The maximum atomic E-state index is 11.1. The molecule has 6 heteroatoms. The van der Waals surface area contributed by atoms with Crippen molar-refractivity contribution >= 4 is 21.8 Å². The quantitative estimate of drug-likeness (QED) is 0.941. The minimum Gasteiger partial charge on any atom is -0.496 e. The molecule has 2 rings (SSSR count). The molecule has 2 N–H and O–H groups in total. The normalized spacial score (nSPS) is 10.1.